The minimum atomic E-state index is 0.0674. The van der Waals surface area contributed by atoms with Crippen molar-refractivity contribution in [3.63, 3.8) is 0 Å². The zero-order valence-corrected chi connectivity index (χ0v) is 11.2. The third-order valence-corrected chi connectivity index (χ3v) is 3.50. The number of hydrogen-bond donors (Lipinski definition) is 1. The number of aryl methyl sites for hydroxylation is 1. The van der Waals surface area contributed by atoms with Crippen LogP contribution < -0.4 is 5.32 Å². The van der Waals surface area contributed by atoms with Gasteiger partial charge < -0.3 is 10.2 Å². The highest BCUT2D eigenvalue weighted by atomic mass is 16.2. The maximum atomic E-state index is 11.9. The number of amides is 2. The molecule has 1 saturated heterocycles. The predicted octanol–water partition coefficient (Wildman–Crippen LogP) is 1.40. The summed E-state index contributed by atoms with van der Waals surface area (Å²) in [7, 11) is 1.90. The largest absolute Gasteiger partial charge is 0.338 e. The molecule has 1 aromatic heterocycles. The van der Waals surface area contributed by atoms with Gasteiger partial charge in [0.15, 0.2) is 0 Å². The predicted molar refractivity (Wildman–Crippen MR) is 70.3 cm³/mol. The molecule has 1 aromatic rings. The lowest BCUT2D eigenvalue weighted by Crippen LogP contribution is -2.44. The van der Waals surface area contributed by atoms with Gasteiger partial charge in [-0.2, -0.15) is 5.10 Å². The number of nitrogens with one attached hydrogen (secondary N) is 1. The molecule has 5 heteroatoms. The average molecular weight is 250 g/mol. The van der Waals surface area contributed by atoms with Crippen LogP contribution in [0, 0.1) is 5.92 Å². The number of piperidine rings is 1. The van der Waals surface area contributed by atoms with E-state index in [1.807, 2.05) is 24.2 Å². The standard InChI is InChI=1S/C13H22N4O/c1-11-4-9-17(10-5-11)13(18)14-7-3-12-6-8-16(2)15-12/h6,8,11H,3-5,7,9-10H2,1-2H3,(H,14,18). The number of aromatic nitrogens is 2. The molecule has 0 atom stereocenters. The summed E-state index contributed by atoms with van der Waals surface area (Å²) in [5, 5.41) is 7.24. The van der Waals surface area contributed by atoms with Crippen LogP contribution in [0.1, 0.15) is 25.5 Å². The van der Waals surface area contributed by atoms with Gasteiger partial charge in [-0.3, -0.25) is 4.68 Å². The van der Waals surface area contributed by atoms with Crippen LogP contribution in [0.15, 0.2) is 12.3 Å². The molecule has 0 bridgehead atoms. The van der Waals surface area contributed by atoms with Crippen molar-refractivity contribution in [3.8, 4) is 0 Å². The quantitative estimate of drug-likeness (QED) is 0.881. The van der Waals surface area contributed by atoms with Crippen molar-refractivity contribution in [2.75, 3.05) is 19.6 Å². The topological polar surface area (TPSA) is 50.2 Å². The van der Waals surface area contributed by atoms with Crippen LogP contribution in [-0.2, 0) is 13.5 Å². The Morgan fingerprint density at radius 2 is 2.22 bits per heavy atom. The zero-order valence-electron chi connectivity index (χ0n) is 11.2. The van der Waals surface area contributed by atoms with Crippen molar-refractivity contribution >= 4 is 6.03 Å². The summed E-state index contributed by atoms with van der Waals surface area (Å²) < 4.78 is 1.78. The molecule has 0 unspecified atom stereocenters. The van der Waals surface area contributed by atoms with E-state index in [9.17, 15) is 4.79 Å². The molecule has 0 saturated carbocycles. The first-order valence-electron chi connectivity index (χ1n) is 6.66. The van der Waals surface area contributed by atoms with Gasteiger partial charge in [0.1, 0.15) is 0 Å². The Labute approximate surface area is 108 Å². The fourth-order valence-corrected chi connectivity index (χ4v) is 2.22. The van der Waals surface area contributed by atoms with E-state index in [1.165, 1.54) is 0 Å². The van der Waals surface area contributed by atoms with Gasteiger partial charge in [0, 0.05) is 39.3 Å². The molecule has 2 rings (SSSR count). The van der Waals surface area contributed by atoms with Crippen LogP contribution in [-0.4, -0.2) is 40.3 Å². The summed E-state index contributed by atoms with van der Waals surface area (Å²) in [6.45, 7) is 4.67. The SMILES string of the molecule is CC1CCN(C(=O)NCCc2ccn(C)n2)CC1. The van der Waals surface area contributed by atoms with Crippen LogP contribution in [0.4, 0.5) is 4.79 Å². The highest BCUT2D eigenvalue weighted by Crippen LogP contribution is 2.15. The first-order chi connectivity index (χ1) is 8.65. The van der Waals surface area contributed by atoms with E-state index in [2.05, 4.69) is 17.3 Å². The average Bonchev–Trinajstić information content (AvgIpc) is 2.76. The molecule has 18 heavy (non-hydrogen) atoms. The van der Waals surface area contributed by atoms with Crippen LogP contribution in [0.2, 0.25) is 0 Å². The molecule has 2 amide bonds. The molecule has 1 aliphatic rings. The highest BCUT2D eigenvalue weighted by molar-refractivity contribution is 5.74. The van der Waals surface area contributed by atoms with Gasteiger partial charge in [0.25, 0.3) is 0 Å². The summed E-state index contributed by atoms with van der Waals surface area (Å²) in [5.41, 5.74) is 1.02. The molecule has 2 heterocycles. The molecule has 0 spiro atoms. The molecule has 1 fully saturated rings. The third kappa shape index (κ3) is 3.48. The molecule has 1 aliphatic heterocycles. The number of carbonyl (C=O) groups is 1. The monoisotopic (exact) mass is 250 g/mol. The number of hydrogen-bond acceptors (Lipinski definition) is 2. The Bertz CT molecular complexity index is 393. The Balaban J connectivity index is 1.68. The van der Waals surface area contributed by atoms with E-state index in [0.29, 0.717) is 6.54 Å². The number of carbonyl (C=O) groups excluding carboxylic acids is 1. The molecule has 0 radical (unpaired) electrons. The minimum Gasteiger partial charge on any atom is -0.338 e. The Morgan fingerprint density at radius 1 is 1.50 bits per heavy atom. The number of likely N-dealkylation sites (tertiary alicyclic amines) is 1. The second-order valence-electron chi connectivity index (χ2n) is 5.13. The van der Waals surface area contributed by atoms with Crippen LogP contribution in [0.25, 0.3) is 0 Å². The van der Waals surface area contributed by atoms with Crippen LogP contribution >= 0.6 is 0 Å². The lowest BCUT2D eigenvalue weighted by molar-refractivity contribution is 0.174. The first-order valence-corrected chi connectivity index (χ1v) is 6.66. The lowest BCUT2D eigenvalue weighted by Gasteiger charge is -2.30. The second-order valence-corrected chi connectivity index (χ2v) is 5.13. The van der Waals surface area contributed by atoms with E-state index in [1.54, 1.807) is 4.68 Å². The van der Waals surface area contributed by atoms with Gasteiger partial charge in [-0.05, 0) is 24.8 Å². The van der Waals surface area contributed by atoms with E-state index in [4.69, 9.17) is 0 Å². The van der Waals surface area contributed by atoms with Gasteiger partial charge in [0.2, 0.25) is 0 Å². The van der Waals surface area contributed by atoms with Crippen molar-refractivity contribution in [2.24, 2.45) is 13.0 Å². The van der Waals surface area contributed by atoms with Gasteiger partial charge in [-0.1, -0.05) is 6.92 Å². The van der Waals surface area contributed by atoms with Gasteiger partial charge in [0.05, 0.1) is 5.69 Å². The summed E-state index contributed by atoms with van der Waals surface area (Å²) >= 11 is 0. The Morgan fingerprint density at radius 3 is 2.83 bits per heavy atom. The van der Waals surface area contributed by atoms with Crippen molar-refractivity contribution in [3.05, 3.63) is 18.0 Å². The number of rotatable bonds is 3. The van der Waals surface area contributed by atoms with E-state index in [0.717, 1.165) is 44.0 Å². The van der Waals surface area contributed by atoms with E-state index >= 15 is 0 Å². The molecule has 0 aliphatic carbocycles. The summed E-state index contributed by atoms with van der Waals surface area (Å²) in [4.78, 5) is 13.8. The van der Waals surface area contributed by atoms with E-state index < -0.39 is 0 Å². The molecule has 0 aromatic carbocycles. The normalized spacial score (nSPS) is 16.9. The van der Waals surface area contributed by atoms with Gasteiger partial charge in [-0.15, -0.1) is 0 Å². The molecular formula is C13H22N4O. The molecule has 1 N–H and O–H groups in total. The molecular weight excluding hydrogens is 228 g/mol. The molecule has 5 nitrogen and oxygen atoms in total. The number of urea groups is 1. The van der Waals surface area contributed by atoms with Gasteiger partial charge in [-0.25, -0.2) is 4.79 Å². The van der Waals surface area contributed by atoms with E-state index in [-0.39, 0.29) is 6.03 Å². The summed E-state index contributed by atoms with van der Waals surface area (Å²) in [6.07, 6.45) is 4.95. The Hall–Kier alpha value is -1.52. The molecule has 100 valence electrons. The van der Waals surface area contributed by atoms with Crippen LogP contribution in [0.5, 0.6) is 0 Å². The van der Waals surface area contributed by atoms with Crippen LogP contribution in [0.3, 0.4) is 0 Å². The third-order valence-electron chi connectivity index (χ3n) is 3.50. The lowest BCUT2D eigenvalue weighted by atomic mass is 10.00. The number of nitrogens with zero attached hydrogens (tertiary/aromatic N) is 3. The fourth-order valence-electron chi connectivity index (χ4n) is 2.22. The highest BCUT2D eigenvalue weighted by Gasteiger charge is 2.19. The van der Waals surface area contributed by atoms with Crippen molar-refractivity contribution in [2.45, 2.75) is 26.2 Å². The summed E-state index contributed by atoms with van der Waals surface area (Å²) in [6, 6.07) is 2.05. The summed E-state index contributed by atoms with van der Waals surface area (Å²) in [5.74, 6) is 0.752. The van der Waals surface area contributed by atoms with Crippen molar-refractivity contribution in [1.29, 1.82) is 0 Å². The zero-order chi connectivity index (χ0) is 13.0. The van der Waals surface area contributed by atoms with Gasteiger partial charge >= 0.3 is 6.03 Å². The smallest absolute Gasteiger partial charge is 0.317 e. The maximum Gasteiger partial charge on any atom is 0.317 e. The Kier molecular flexibility index (Phi) is 4.23. The first kappa shape index (κ1) is 12.9. The van der Waals surface area contributed by atoms with Crippen molar-refractivity contribution < 1.29 is 4.79 Å². The second kappa shape index (κ2) is 5.89. The van der Waals surface area contributed by atoms with Crippen molar-refractivity contribution in [1.82, 2.24) is 20.0 Å². The fraction of sp³-hybridized carbons (Fsp3) is 0.692. The maximum absolute atomic E-state index is 11.9. The minimum absolute atomic E-state index is 0.0674.